The number of nitrogens with one attached hydrogen (secondary N) is 2. The van der Waals surface area contributed by atoms with Gasteiger partial charge in [0.25, 0.3) is 5.56 Å². The number of nitrogens with zero attached hydrogens (tertiary/aromatic N) is 1. The molecule has 3 heterocycles. The molecule has 4 aromatic rings. The summed E-state index contributed by atoms with van der Waals surface area (Å²) in [5.41, 5.74) is 1.75. The first kappa shape index (κ1) is 18.0. The predicted molar refractivity (Wildman–Crippen MR) is 109 cm³/mol. The third-order valence-electron chi connectivity index (χ3n) is 4.77. The number of hydrogen-bond acceptors (Lipinski definition) is 4. The van der Waals surface area contributed by atoms with Gasteiger partial charge in [0.15, 0.2) is 5.82 Å². The molecule has 0 saturated carbocycles. The number of aromatic amines is 1. The molecule has 0 aliphatic carbocycles. The fourth-order valence-electron chi connectivity index (χ4n) is 3.14. The average molecular weight is 401 g/mol. The van der Waals surface area contributed by atoms with E-state index >= 15 is 0 Å². The number of thiophene rings is 2. The van der Waals surface area contributed by atoms with Crippen molar-refractivity contribution in [3.8, 4) is 10.4 Å². The van der Waals surface area contributed by atoms with Crippen molar-refractivity contribution in [3.05, 3.63) is 74.7 Å². The lowest BCUT2D eigenvalue weighted by atomic mass is 10.1. The molecule has 1 aromatic carbocycles. The highest BCUT2D eigenvalue weighted by Gasteiger charge is 2.21. The molecular weight excluding hydrogens is 381 g/mol. The van der Waals surface area contributed by atoms with Crippen LogP contribution >= 0.6 is 22.7 Å². The summed E-state index contributed by atoms with van der Waals surface area (Å²) in [7, 11) is 2.02. The lowest BCUT2D eigenvalue weighted by molar-refractivity contribution is -0.924. The molecule has 138 valence electrons. The second kappa shape index (κ2) is 7.34. The highest BCUT2D eigenvalue weighted by Crippen LogP contribution is 2.33. The summed E-state index contributed by atoms with van der Waals surface area (Å²) in [6, 6.07) is 10.6. The van der Waals surface area contributed by atoms with Crippen molar-refractivity contribution in [1.29, 1.82) is 0 Å². The first-order valence-corrected chi connectivity index (χ1v) is 10.4. The Bertz CT molecular complexity index is 1130. The van der Waals surface area contributed by atoms with Crippen molar-refractivity contribution < 1.29 is 9.29 Å². The van der Waals surface area contributed by atoms with E-state index in [9.17, 15) is 9.18 Å². The van der Waals surface area contributed by atoms with Crippen LogP contribution in [0.1, 0.15) is 24.4 Å². The number of aromatic nitrogens is 2. The van der Waals surface area contributed by atoms with Crippen molar-refractivity contribution in [2.75, 3.05) is 7.05 Å². The Hall–Kier alpha value is -2.35. The molecule has 7 heteroatoms. The number of hydrogen-bond donors (Lipinski definition) is 2. The van der Waals surface area contributed by atoms with E-state index in [1.807, 2.05) is 42.9 Å². The Morgan fingerprint density at radius 2 is 2.11 bits per heavy atom. The number of halogens is 1. The quantitative estimate of drug-likeness (QED) is 0.538. The number of benzene rings is 1. The van der Waals surface area contributed by atoms with Gasteiger partial charge in [0.05, 0.1) is 12.4 Å². The van der Waals surface area contributed by atoms with Gasteiger partial charge in [-0.3, -0.25) is 4.79 Å². The molecule has 27 heavy (non-hydrogen) atoms. The number of rotatable bonds is 5. The van der Waals surface area contributed by atoms with Crippen LogP contribution in [0.25, 0.3) is 20.7 Å². The van der Waals surface area contributed by atoms with E-state index in [1.54, 1.807) is 23.5 Å². The molecule has 3 aromatic heterocycles. The normalized spacial score (nSPS) is 13.7. The smallest absolute Gasteiger partial charge is 0.260 e. The highest BCUT2D eigenvalue weighted by molar-refractivity contribution is 7.18. The van der Waals surface area contributed by atoms with E-state index in [1.165, 1.54) is 17.4 Å². The largest absolute Gasteiger partial charge is 0.325 e. The zero-order chi connectivity index (χ0) is 19.0. The average Bonchev–Trinajstić information content (AvgIpc) is 3.30. The molecule has 4 nitrogen and oxygen atoms in total. The fraction of sp³-hybridized carbons (Fsp3) is 0.200. The van der Waals surface area contributed by atoms with Crippen LogP contribution in [0.5, 0.6) is 0 Å². The molecule has 0 radical (unpaired) electrons. The van der Waals surface area contributed by atoms with Crippen LogP contribution in [0, 0.1) is 5.82 Å². The first-order valence-electron chi connectivity index (χ1n) is 8.65. The molecule has 2 atom stereocenters. The number of fused-ring (bicyclic) bond motifs is 1. The SMILES string of the molecule is C[C@H](c1nc2scc(-c3cccs3)c2c(=O)[nH]1)[NH+](C)Cc1cccc(F)c1. The topological polar surface area (TPSA) is 50.2 Å². The van der Waals surface area contributed by atoms with E-state index in [0.29, 0.717) is 17.8 Å². The van der Waals surface area contributed by atoms with Gasteiger partial charge in [-0.05, 0) is 30.5 Å². The van der Waals surface area contributed by atoms with Crippen LogP contribution in [-0.2, 0) is 6.54 Å². The molecule has 0 spiro atoms. The molecule has 0 fully saturated rings. The van der Waals surface area contributed by atoms with Gasteiger partial charge in [0, 0.05) is 21.4 Å². The minimum Gasteiger partial charge on any atom is -0.325 e. The summed E-state index contributed by atoms with van der Waals surface area (Å²) in [6.07, 6.45) is 0. The van der Waals surface area contributed by atoms with Crippen molar-refractivity contribution in [3.63, 3.8) is 0 Å². The summed E-state index contributed by atoms with van der Waals surface area (Å²) in [6.45, 7) is 2.66. The Labute approximate surface area is 163 Å². The van der Waals surface area contributed by atoms with Gasteiger partial charge in [-0.25, -0.2) is 9.37 Å². The van der Waals surface area contributed by atoms with Crippen LogP contribution in [0.4, 0.5) is 4.39 Å². The van der Waals surface area contributed by atoms with E-state index in [4.69, 9.17) is 4.98 Å². The zero-order valence-corrected chi connectivity index (χ0v) is 16.6. The predicted octanol–water partition coefficient (Wildman–Crippen LogP) is 3.63. The van der Waals surface area contributed by atoms with Crippen molar-refractivity contribution >= 4 is 32.9 Å². The van der Waals surface area contributed by atoms with Crippen LogP contribution in [0.15, 0.2) is 52.0 Å². The van der Waals surface area contributed by atoms with E-state index in [-0.39, 0.29) is 17.4 Å². The standard InChI is InChI=1S/C20H18FN3OS2/c1-12(24(2)10-13-5-3-6-14(21)9-13)18-22-19(25)17-15(11-27-20(17)23-18)16-7-4-8-26-16/h3-9,11-12H,10H2,1-2H3,(H,22,23,25)/p+1/t12-/m1/s1. The van der Waals surface area contributed by atoms with E-state index < -0.39 is 0 Å². The maximum absolute atomic E-state index is 13.4. The summed E-state index contributed by atoms with van der Waals surface area (Å²) in [5, 5.41) is 4.65. The summed E-state index contributed by atoms with van der Waals surface area (Å²) < 4.78 is 13.4. The maximum atomic E-state index is 13.4. The van der Waals surface area contributed by atoms with Crippen LogP contribution < -0.4 is 10.5 Å². The second-order valence-corrected chi connectivity index (χ2v) is 8.44. The lowest BCUT2D eigenvalue weighted by Crippen LogP contribution is -3.07. The molecule has 4 rings (SSSR count). The summed E-state index contributed by atoms with van der Waals surface area (Å²) >= 11 is 3.11. The van der Waals surface area contributed by atoms with Gasteiger partial charge in [0.1, 0.15) is 23.2 Å². The molecule has 0 saturated heterocycles. The van der Waals surface area contributed by atoms with Gasteiger partial charge in [-0.2, -0.15) is 0 Å². The van der Waals surface area contributed by atoms with Crippen LogP contribution in [-0.4, -0.2) is 17.0 Å². The first-order chi connectivity index (χ1) is 13.0. The van der Waals surface area contributed by atoms with E-state index in [0.717, 1.165) is 25.7 Å². The lowest BCUT2D eigenvalue weighted by Gasteiger charge is -2.21. The van der Waals surface area contributed by atoms with Gasteiger partial charge in [-0.15, -0.1) is 22.7 Å². The molecule has 0 bridgehead atoms. The molecule has 0 aliphatic rings. The minimum absolute atomic E-state index is 0.0299. The van der Waals surface area contributed by atoms with Gasteiger partial charge in [0.2, 0.25) is 0 Å². The Balaban J connectivity index is 1.64. The van der Waals surface area contributed by atoms with Crippen LogP contribution in [0.2, 0.25) is 0 Å². The molecular formula is C20H19FN3OS2+. The van der Waals surface area contributed by atoms with E-state index in [2.05, 4.69) is 4.98 Å². The minimum atomic E-state index is -0.236. The number of H-pyrrole nitrogens is 1. The second-order valence-electron chi connectivity index (χ2n) is 6.63. The van der Waals surface area contributed by atoms with Gasteiger partial charge < -0.3 is 9.88 Å². The molecule has 0 amide bonds. The van der Waals surface area contributed by atoms with Crippen LogP contribution in [0.3, 0.4) is 0 Å². The maximum Gasteiger partial charge on any atom is 0.260 e. The van der Waals surface area contributed by atoms with Gasteiger partial charge in [-0.1, -0.05) is 18.2 Å². The molecule has 0 aliphatic heterocycles. The monoisotopic (exact) mass is 400 g/mol. The van der Waals surface area contributed by atoms with Crippen molar-refractivity contribution in [1.82, 2.24) is 9.97 Å². The van der Waals surface area contributed by atoms with Crippen molar-refractivity contribution in [2.45, 2.75) is 19.5 Å². The third-order valence-corrected chi connectivity index (χ3v) is 6.55. The van der Waals surface area contributed by atoms with Gasteiger partial charge >= 0.3 is 0 Å². The Morgan fingerprint density at radius 1 is 1.26 bits per heavy atom. The van der Waals surface area contributed by atoms with Crippen molar-refractivity contribution in [2.24, 2.45) is 0 Å². The fourth-order valence-corrected chi connectivity index (χ4v) is 4.91. The summed E-state index contributed by atoms with van der Waals surface area (Å²) in [5.74, 6) is 0.418. The Kier molecular flexibility index (Phi) is 4.90. The third kappa shape index (κ3) is 3.58. The summed E-state index contributed by atoms with van der Waals surface area (Å²) in [4.78, 5) is 23.4. The molecule has 1 unspecified atom stereocenters. The molecule has 2 N–H and O–H groups in total. The number of quaternary nitrogens is 1. The highest BCUT2D eigenvalue weighted by atomic mass is 32.1. The zero-order valence-electron chi connectivity index (χ0n) is 15.0. The Morgan fingerprint density at radius 3 is 2.85 bits per heavy atom.